The highest BCUT2D eigenvalue weighted by Crippen LogP contribution is 2.24. The Kier molecular flexibility index (Phi) is 5.71. The molecule has 150 valence electrons. The number of carbonyl (C=O) groups excluding carboxylic acids is 1. The van der Waals surface area contributed by atoms with Gasteiger partial charge >= 0.3 is 0 Å². The molecule has 0 atom stereocenters. The molecule has 1 amide bonds. The molecule has 0 aromatic heterocycles. The Morgan fingerprint density at radius 2 is 1.46 bits per heavy atom. The van der Waals surface area contributed by atoms with Gasteiger partial charge in [0.1, 0.15) is 10.7 Å². The lowest BCUT2D eigenvalue weighted by atomic mass is 10.1. The first-order chi connectivity index (χ1) is 13.2. The van der Waals surface area contributed by atoms with Crippen molar-refractivity contribution in [1.82, 2.24) is 9.21 Å². The molecule has 3 rings (SSSR count). The van der Waals surface area contributed by atoms with Crippen LogP contribution in [0.15, 0.2) is 41.3 Å². The van der Waals surface area contributed by atoms with Crippen molar-refractivity contribution in [3.05, 3.63) is 65.2 Å². The zero-order valence-corrected chi connectivity index (χ0v) is 15.4. The monoisotopic (exact) mass is 416 g/mol. The molecule has 2 aromatic rings. The van der Waals surface area contributed by atoms with E-state index in [0.29, 0.717) is 17.7 Å². The van der Waals surface area contributed by atoms with Gasteiger partial charge in [0.2, 0.25) is 15.9 Å². The van der Waals surface area contributed by atoms with E-state index in [-0.39, 0.29) is 38.5 Å². The Hall–Kier alpha value is -2.46. The standard InChI is InChI=1S/C18H16F4N2O3S/c19-13-3-1-12(2-4-13)11-16(25)23-7-9-24(10-8-23)28(26,27)15-6-5-14(20)17(21)18(15)22/h1-6H,7-11H2. The third-order valence-electron chi connectivity index (χ3n) is 4.48. The Bertz CT molecular complexity index is 989. The summed E-state index contributed by atoms with van der Waals surface area (Å²) >= 11 is 0. The molecule has 1 fully saturated rings. The van der Waals surface area contributed by atoms with Gasteiger partial charge in [-0.25, -0.2) is 26.0 Å². The SMILES string of the molecule is O=C(Cc1ccc(F)cc1)N1CCN(S(=O)(=O)c2ccc(F)c(F)c2F)CC1. The van der Waals surface area contributed by atoms with Crippen LogP contribution in [0.4, 0.5) is 17.6 Å². The molecule has 2 aromatic carbocycles. The largest absolute Gasteiger partial charge is 0.340 e. The lowest BCUT2D eigenvalue weighted by Gasteiger charge is -2.34. The second-order valence-corrected chi connectivity index (χ2v) is 8.17. The molecular formula is C18H16F4N2O3S. The van der Waals surface area contributed by atoms with Crippen LogP contribution in [0.5, 0.6) is 0 Å². The second kappa shape index (κ2) is 7.88. The van der Waals surface area contributed by atoms with Crippen molar-refractivity contribution in [1.29, 1.82) is 0 Å². The number of carbonyl (C=O) groups is 1. The van der Waals surface area contributed by atoms with E-state index < -0.39 is 38.2 Å². The predicted molar refractivity (Wildman–Crippen MR) is 91.8 cm³/mol. The molecule has 0 aliphatic carbocycles. The molecule has 1 aliphatic rings. The summed E-state index contributed by atoms with van der Waals surface area (Å²) in [5, 5.41) is 0. The first-order valence-electron chi connectivity index (χ1n) is 8.36. The number of amides is 1. The summed E-state index contributed by atoms with van der Waals surface area (Å²) in [5.41, 5.74) is 0.616. The number of rotatable bonds is 4. The Labute approximate surface area is 159 Å². The van der Waals surface area contributed by atoms with Crippen molar-refractivity contribution in [3.8, 4) is 0 Å². The quantitative estimate of drug-likeness (QED) is 0.568. The predicted octanol–water partition coefficient (Wildman–Crippen LogP) is 2.32. The zero-order valence-electron chi connectivity index (χ0n) is 14.5. The fourth-order valence-electron chi connectivity index (χ4n) is 2.91. The summed E-state index contributed by atoms with van der Waals surface area (Å²) in [7, 11) is -4.37. The van der Waals surface area contributed by atoms with Gasteiger partial charge in [0, 0.05) is 26.2 Å². The van der Waals surface area contributed by atoms with E-state index in [4.69, 9.17) is 0 Å². The average Bonchev–Trinajstić information content (AvgIpc) is 2.68. The van der Waals surface area contributed by atoms with Crippen LogP contribution in [0, 0.1) is 23.3 Å². The van der Waals surface area contributed by atoms with Crippen molar-refractivity contribution in [2.75, 3.05) is 26.2 Å². The molecule has 1 saturated heterocycles. The molecule has 0 bridgehead atoms. The lowest BCUT2D eigenvalue weighted by molar-refractivity contribution is -0.131. The molecule has 5 nitrogen and oxygen atoms in total. The van der Waals surface area contributed by atoms with E-state index in [1.807, 2.05) is 0 Å². The van der Waals surface area contributed by atoms with Crippen molar-refractivity contribution in [2.45, 2.75) is 11.3 Å². The van der Waals surface area contributed by atoms with Crippen molar-refractivity contribution in [2.24, 2.45) is 0 Å². The van der Waals surface area contributed by atoms with E-state index in [1.54, 1.807) is 0 Å². The molecule has 28 heavy (non-hydrogen) atoms. The maximum absolute atomic E-state index is 13.9. The van der Waals surface area contributed by atoms with E-state index >= 15 is 0 Å². The minimum Gasteiger partial charge on any atom is -0.340 e. The summed E-state index contributed by atoms with van der Waals surface area (Å²) in [4.78, 5) is 12.8. The third kappa shape index (κ3) is 4.02. The van der Waals surface area contributed by atoms with Crippen LogP contribution in [0.3, 0.4) is 0 Å². The van der Waals surface area contributed by atoms with Gasteiger partial charge in [0.15, 0.2) is 17.5 Å². The van der Waals surface area contributed by atoms with Crippen LogP contribution < -0.4 is 0 Å². The number of hydrogen-bond donors (Lipinski definition) is 0. The van der Waals surface area contributed by atoms with Crippen LogP contribution in [0.25, 0.3) is 0 Å². The minimum atomic E-state index is -4.37. The number of benzene rings is 2. The van der Waals surface area contributed by atoms with Crippen LogP contribution >= 0.6 is 0 Å². The summed E-state index contributed by atoms with van der Waals surface area (Å²) in [6.07, 6.45) is 0.0326. The maximum Gasteiger partial charge on any atom is 0.246 e. The van der Waals surface area contributed by atoms with Gasteiger partial charge in [-0.05, 0) is 29.8 Å². The number of piperazine rings is 1. The lowest BCUT2D eigenvalue weighted by Crippen LogP contribution is -2.51. The van der Waals surface area contributed by atoms with Gasteiger partial charge in [-0.2, -0.15) is 4.31 Å². The van der Waals surface area contributed by atoms with Crippen LogP contribution in [-0.4, -0.2) is 49.7 Å². The molecule has 0 unspecified atom stereocenters. The highest BCUT2D eigenvalue weighted by Gasteiger charge is 2.33. The van der Waals surface area contributed by atoms with E-state index in [1.165, 1.54) is 29.2 Å². The van der Waals surface area contributed by atoms with Crippen molar-refractivity contribution >= 4 is 15.9 Å². The fraction of sp³-hybridized carbons (Fsp3) is 0.278. The van der Waals surface area contributed by atoms with Gasteiger partial charge in [-0.3, -0.25) is 4.79 Å². The molecule has 0 N–H and O–H groups in total. The molecule has 0 radical (unpaired) electrons. The Morgan fingerprint density at radius 3 is 2.07 bits per heavy atom. The van der Waals surface area contributed by atoms with Gasteiger partial charge < -0.3 is 4.90 Å². The second-order valence-electron chi connectivity index (χ2n) is 6.26. The Morgan fingerprint density at radius 1 is 0.857 bits per heavy atom. The third-order valence-corrected chi connectivity index (χ3v) is 6.39. The number of halogens is 4. The number of hydrogen-bond acceptors (Lipinski definition) is 3. The molecule has 0 saturated carbocycles. The highest BCUT2D eigenvalue weighted by molar-refractivity contribution is 7.89. The van der Waals surface area contributed by atoms with Gasteiger partial charge in [-0.15, -0.1) is 0 Å². The zero-order chi connectivity index (χ0) is 20.5. The van der Waals surface area contributed by atoms with E-state index in [0.717, 1.165) is 4.31 Å². The normalized spacial score (nSPS) is 15.6. The van der Waals surface area contributed by atoms with Gasteiger partial charge in [0.05, 0.1) is 6.42 Å². The van der Waals surface area contributed by atoms with Gasteiger partial charge in [-0.1, -0.05) is 12.1 Å². The summed E-state index contributed by atoms with van der Waals surface area (Å²) in [5.74, 6) is -5.78. The van der Waals surface area contributed by atoms with Gasteiger partial charge in [0.25, 0.3) is 0 Å². The van der Waals surface area contributed by atoms with Crippen molar-refractivity contribution < 1.29 is 30.8 Å². The Balaban J connectivity index is 1.67. The average molecular weight is 416 g/mol. The van der Waals surface area contributed by atoms with Crippen LogP contribution in [0.1, 0.15) is 5.56 Å². The van der Waals surface area contributed by atoms with E-state index in [9.17, 15) is 30.8 Å². The van der Waals surface area contributed by atoms with Crippen molar-refractivity contribution in [3.63, 3.8) is 0 Å². The summed E-state index contributed by atoms with van der Waals surface area (Å²) in [6, 6.07) is 6.68. The topological polar surface area (TPSA) is 57.7 Å². The fourth-order valence-corrected chi connectivity index (χ4v) is 4.39. The minimum absolute atomic E-state index is 0.0326. The molecule has 0 spiro atoms. The molecule has 1 heterocycles. The number of sulfonamides is 1. The van der Waals surface area contributed by atoms with E-state index in [2.05, 4.69) is 0 Å². The summed E-state index contributed by atoms with van der Waals surface area (Å²) < 4.78 is 79.2. The first-order valence-corrected chi connectivity index (χ1v) is 9.80. The molecular weight excluding hydrogens is 400 g/mol. The highest BCUT2D eigenvalue weighted by atomic mass is 32.2. The molecule has 1 aliphatic heterocycles. The number of nitrogens with zero attached hydrogens (tertiary/aromatic N) is 2. The van der Waals surface area contributed by atoms with Crippen LogP contribution in [-0.2, 0) is 21.2 Å². The molecule has 10 heteroatoms. The smallest absolute Gasteiger partial charge is 0.246 e. The van der Waals surface area contributed by atoms with Crippen LogP contribution in [0.2, 0.25) is 0 Å². The first kappa shape index (κ1) is 20.3. The maximum atomic E-state index is 13.9. The summed E-state index contributed by atoms with van der Waals surface area (Å²) in [6.45, 7) is -0.110.